The highest BCUT2D eigenvalue weighted by molar-refractivity contribution is 7.93. The molecular formula is C44H46N8O7S2. The Kier molecular flexibility index (Phi) is 11.9. The third-order valence-corrected chi connectivity index (χ3v) is 13.5. The van der Waals surface area contributed by atoms with Crippen molar-refractivity contribution in [3.8, 4) is 11.3 Å². The Bertz CT molecular complexity index is 2660. The number of hydrogen-bond acceptors (Lipinski definition) is 12. The standard InChI is InChI=1S/C44H46N8O7S2/c1-49(2)34-15-7-13-31-30(34)12-9-17-37(31)61(58,59)48-29-11-6-10-28(26-29)33-27-60-44(45-33)47-38(53)18-4-3-5-21-50-22-24-51(25-23-50)35-16-8-14-32-40(35)43(57)52(42(32)56)36-19-20-39(54)46-41(36)55/h6-17,26-27,36,48H,3-5,18-25H2,1-2H3,(H,45,47,53)(H,46,54,55). The zero-order valence-electron chi connectivity index (χ0n) is 33.8. The van der Waals surface area contributed by atoms with Gasteiger partial charge in [0.2, 0.25) is 17.7 Å². The Morgan fingerprint density at radius 1 is 0.885 bits per heavy atom. The number of anilines is 4. The number of piperazine rings is 1. The summed E-state index contributed by atoms with van der Waals surface area (Å²) in [6.45, 7) is 3.74. The van der Waals surface area contributed by atoms with Crippen molar-refractivity contribution < 1.29 is 32.4 Å². The summed E-state index contributed by atoms with van der Waals surface area (Å²) in [5.41, 5.74) is 3.91. The van der Waals surface area contributed by atoms with E-state index >= 15 is 0 Å². The lowest BCUT2D eigenvalue weighted by molar-refractivity contribution is -0.136. The van der Waals surface area contributed by atoms with Crippen molar-refractivity contribution in [3.63, 3.8) is 0 Å². The number of nitrogens with one attached hydrogen (secondary N) is 3. The van der Waals surface area contributed by atoms with Crippen LogP contribution in [0.25, 0.3) is 22.0 Å². The number of imide groups is 2. The van der Waals surface area contributed by atoms with Crippen LogP contribution in [0.2, 0.25) is 0 Å². The third-order valence-electron chi connectivity index (χ3n) is 11.3. The van der Waals surface area contributed by atoms with Crippen LogP contribution in [0, 0.1) is 0 Å². The van der Waals surface area contributed by atoms with Crippen LogP contribution in [0.3, 0.4) is 0 Å². The molecular weight excluding hydrogens is 817 g/mol. The van der Waals surface area contributed by atoms with E-state index < -0.39 is 39.7 Å². The molecule has 1 aromatic heterocycles. The van der Waals surface area contributed by atoms with Crippen molar-refractivity contribution in [1.82, 2.24) is 20.1 Å². The number of benzene rings is 4. The summed E-state index contributed by atoms with van der Waals surface area (Å²) in [6.07, 6.45) is 3.04. The molecule has 3 N–H and O–H groups in total. The number of amides is 5. The Morgan fingerprint density at radius 2 is 1.64 bits per heavy atom. The summed E-state index contributed by atoms with van der Waals surface area (Å²) in [4.78, 5) is 76.0. The van der Waals surface area contributed by atoms with Crippen molar-refractivity contribution in [2.24, 2.45) is 0 Å². The van der Waals surface area contributed by atoms with E-state index in [1.807, 2.05) is 54.7 Å². The molecule has 15 nitrogen and oxygen atoms in total. The van der Waals surface area contributed by atoms with Gasteiger partial charge in [-0.15, -0.1) is 11.3 Å². The lowest BCUT2D eigenvalue weighted by Crippen LogP contribution is -2.54. The van der Waals surface area contributed by atoms with Gasteiger partial charge in [0.15, 0.2) is 5.13 Å². The Morgan fingerprint density at radius 3 is 2.43 bits per heavy atom. The van der Waals surface area contributed by atoms with Crippen LogP contribution in [-0.4, -0.2) is 106 Å². The van der Waals surface area contributed by atoms with Crippen LogP contribution in [0.1, 0.15) is 59.2 Å². The van der Waals surface area contributed by atoms with E-state index in [4.69, 9.17) is 0 Å². The van der Waals surface area contributed by atoms with Crippen LogP contribution in [-0.2, 0) is 24.4 Å². The summed E-state index contributed by atoms with van der Waals surface area (Å²) in [5.74, 6) is -2.17. The molecule has 5 aromatic rings. The first-order valence-corrected chi connectivity index (χ1v) is 22.6. The maximum absolute atomic E-state index is 13.6. The molecule has 3 aliphatic rings. The van der Waals surface area contributed by atoms with Crippen molar-refractivity contribution in [1.29, 1.82) is 0 Å². The first-order chi connectivity index (χ1) is 29.4. The highest BCUT2D eigenvalue weighted by Crippen LogP contribution is 2.36. The number of piperidine rings is 1. The number of carbonyl (C=O) groups excluding carboxylic acids is 5. The summed E-state index contributed by atoms with van der Waals surface area (Å²) < 4.78 is 30.0. The van der Waals surface area contributed by atoms with Crippen LogP contribution in [0.15, 0.2) is 89.1 Å². The van der Waals surface area contributed by atoms with Crippen molar-refractivity contribution in [2.75, 3.05) is 66.7 Å². The van der Waals surface area contributed by atoms with Gasteiger partial charge >= 0.3 is 0 Å². The molecule has 4 heterocycles. The van der Waals surface area contributed by atoms with Gasteiger partial charge in [0.1, 0.15) is 6.04 Å². The van der Waals surface area contributed by atoms with E-state index in [1.54, 1.807) is 48.5 Å². The number of fused-ring (bicyclic) bond motifs is 2. The second-order valence-corrected chi connectivity index (χ2v) is 18.1. The fourth-order valence-corrected chi connectivity index (χ4v) is 10.3. The van der Waals surface area contributed by atoms with Crippen LogP contribution < -0.4 is 25.2 Å². The summed E-state index contributed by atoms with van der Waals surface area (Å²) in [5, 5.41) is 8.91. The van der Waals surface area contributed by atoms with E-state index in [0.717, 1.165) is 54.9 Å². The number of aromatic nitrogens is 1. The van der Waals surface area contributed by atoms with Crippen LogP contribution >= 0.6 is 11.3 Å². The predicted octanol–water partition coefficient (Wildman–Crippen LogP) is 5.55. The summed E-state index contributed by atoms with van der Waals surface area (Å²) in [6, 6.07) is 22.1. The van der Waals surface area contributed by atoms with E-state index in [2.05, 4.69) is 30.1 Å². The zero-order valence-corrected chi connectivity index (χ0v) is 35.5. The largest absolute Gasteiger partial charge is 0.377 e. The first kappa shape index (κ1) is 41.6. The molecule has 3 aliphatic heterocycles. The van der Waals surface area contributed by atoms with Gasteiger partial charge in [0.05, 0.1) is 27.4 Å². The Balaban J connectivity index is 0.783. The zero-order chi connectivity index (χ0) is 42.8. The molecule has 316 valence electrons. The van der Waals surface area contributed by atoms with E-state index in [1.165, 1.54) is 11.3 Å². The average Bonchev–Trinajstić information content (AvgIpc) is 3.81. The molecule has 0 radical (unpaired) electrons. The quantitative estimate of drug-likeness (QED) is 0.0941. The van der Waals surface area contributed by atoms with E-state index in [-0.39, 0.29) is 29.2 Å². The average molecular weight is 863 g/mol. The van der Waals surface area contributed by atoms with Gasteiger partial charge < -0.3 is 15.1 Å². The number of thiazole rings is 1. The number of sulfonamides is 1. The van der Waals surface area contributed by atoms with Gasteiger partial charge in [0.25, 0.3) is 21.8 Å². The van der Waals surface area contributed by atoms with Crippen molar-refractivity contribution >= 4 is 83.9 Å². The van der Waals surface area contributed by atoms with E-state index in [9.17, 15) is 32.4 Å². The number of rotatable bonds is 14. The topological polar surface area (TPSA) is 181 Å². The third kappa shape index (κ3) is 8.71. The highest BCUT2D eigenvalue weighted by atomic mass is 32.2. The van der Waals surface area contributed by atoms with Gasteiger partial charge in [-0.1, -0.05) is 48.9 Å². The molecule has 2 fully saturated rings. The predicted molar refractivity (Wildman–Crippen MR) is 235 cm³/mol. The molecule has 0 aliphatic carbocycles. The van der Waals surface area contributed by atoms with Gasteiger partial charge in [0, 0.05) is 86.2 Å². The molecule has 0 spiro atoms. The van der Waals surface area contributed by atoms with Gasteiger partial charge in [-0.3, -0.25) is 43.8 Å². The van der Waals surface area contributed by atoms with Gasteiger partial charge in [-0.2, -0.15) is 0 Å². The van der Waals surface area contributed by atoms with E-state index in [0.29, 0.717) is 58.2 Å². The molecule has 0 bridgehead atoms. The molecule has 0 saturated carbocycles. The van der Waals surface area contributed by atoms with Crippen LogP contribution in [0.5, 0.6) is 0 Å². The molecule has 4 aromatic carbocycles. The van der Waals surface area contributed by atoms with Crippen molar-refractivity contribution in [3.05, 3.63) is 95.4 Å². The minimum Gasteiger partial charge on any atom is -0.377 e. The summed E-state index contributed by atoms with van der Waals surface area (Å²) >= 11 is 1.31. The lowest BCUT2D eigenvalue weighted by Gasteiger charge is -2.36. The van der Waals surface area contributed by atoms with Crippen molar-refractivity contribution in [2.45, 2.75) is 49.5 Å². The van der Waals surface area contributed by atoms with Gasteiger partial charge in [-0.05, 0) is 62.2 Å². The minimum atomic E-state index is -3.92. The number of hydrogen-bond donors (Lipinski definition) is 3. The molecule has 8 rings (SSSR count). The fourth-order valence-electron chi connectivity index (χ4n) is 8.26. The molecule has 61 heavy (non-hydrogen) atoms. The Labute approximate surface area is 357 Å². The molecule has 5 amide bonds. The fraction of sp³-hybridized carbons (Fsp3) is 0.318. The monoisotopic (exact) mass is 862 g/mol. The molecule has 2 saturated heterocycles. The molecule has 1 atom stereocenters. The maximum atomic E-state index is 13.6. The number of unbranched alkanes of at least 4 members (excludes halogenated alkanes) is 2. The number of nitrogens with zero attached hydrogens (tertiary/aromatic N) is 5. The number of carbonyl (C=O) groups is 5. The SMILES string of the molecule is CN(C)c1cccc2c(S(=O)(=O)Nc3cccc(-c4csc(NC(=O)CCCCCN5CCN(c6cccc7c6C(=O)N(C6CCC(=O)NC6=O)C7=O)CC5)n4)c3)cccc12. The molecule has 17 heteroatoms. The minimum absolute atomic E-state index is 0.0706. The first-order valence-electron chi connectivity index (χ1n) is 20.3. The normalized spacial score (nSPS) is 17.1. The lowest BCUT2D eigenvalue weighted by atomic mass is 10.0. The molecule has 1 unspecified atom stereocenters. The van der Waals surface area contributed by atoms with Crippen LogP contribution in [0.4, 0.5) is 22.2 Å². The Hall–Kier alpha value is -6.17. The smallest absolute Gasteiger partial charge is 0.264 e. The maximum Gasteiger partial charge on any atom is 0.264 e. The second-order valence-electron chi connectivity index (χ2n) is 15.6. The summed E-state index contributed by atoms with van der Waals surface area (Å²) in [7, 11) is -0.0816. The van der Waals surface area contributed by atoms with Gasteiger partial charge in [-0.25, -0.2) is 13.4 Å². The second kappa shape index (κ2) is 17.4. The highest BCUT2D eigenvalue weighted by Gasteiger charge is 2.46.